The van der Waals surface area contributed by atoms with Crippen LogP contribution in [0.4, 0.5) is 4.39 Å². The Morgan fingerprint density at radius 2 is 1.58 bits per heavy atom. The van der Waals surface area contributed by atoms with Gasteiger partial charge in [-0.15, -0.1) is 42.0 Å². The molecule has 7 rings (SSSR count). The van der Waals surface area contributed by atoms with Gasteiger partial charge in [0, 0.05) is 53.3 Å². The second-order valence-electron chi connectivity index (χ2n) is 14.0. The molecule has 0 bridgehead atoms. The van der Waals surface area contributed by atoms with Gasteiger partial charge in [-0.05, 0) is 52.4 Å². The van der Waals surface area contributed by atoms with Crippen LogP contribution in [0.15, 0.2) is 114 Å². The fourth-order valence-corrected chi connectivity index (χ4v) is 6.99. The van der Waals surface area contributed by atoms with E-state index in [9.17, 15) is 4.39 Å². The minimum Gasteiger partial charge on any atom is -0.501 e. The van der Waals surface area contributed by atoms with E-state index in [1.807, 2.05) is 69.3 Å². The Labute approximate surface area is 320 Å². The number of benzene rings is 4. The summed E-state index contributed by atoms with van der Waals surface area (Å²) in [7, 11) is -1.97. The molecular formula is C44H43FIrN2OSi-2. The number of halogens is 1. The first kappa shape index (κ1) is 28.5. The van der Waals surface area contributed by atoms with E-state index >= 15 is 0 Å². The van der Waals surface area contributed by atoms with Crippen LogP contribution >= 0.6 is 0 Å². The molecule has 0 unspecified atom stereocenters. The Hall–Kier alpha value is -4.22. The molecule has 0 N–H and O–H groups in total. The van der Waals surface area contributed by atoms with Crippen molar-refractivity contribution >= 4 is 35.2 Å². The van der Waals surface area contributed by atoms with E-state index in [1.165, 1.54) is 6.07 Å². The Kier molecular flexibility index (Phi) is 8.74. The largest absolute Gasteiger partial charge is 0.501 e. The van der Waals surface area contributed by atoms with Crippen molar-refractivity contribution in [2.75, 3.05) is 0 Å². The van der Waals surface area contributed by atoms with Crippen molar-refractivity contribution in [1.82, 2.24) is 9.97 Å². The molecule has 3 heterocycles. The fraction of sp³-hybridized carbons (Fsp3) is 0.227. The molecule has 0 spiro atoms. The van der Waals surface area contributed by atoms with Gasteiger partial charge in [0.25, 0.3) is 0 Å². The van der Waals surface area contributed by atoms with Gasteiger partial charge in [-0.25, -0.2) is 0 Å². The minimum absolute atomic E-state index is 0. The van der Waals surface area contributed by atoms with Crippen LogP contribution in [-0.4, -0.2) is 18.0 Å². The van der Waals surface area contributed by atoms with E-state index in [2.05, 4.69) is 41.7 Å². The third kappa shape index (κ3) is 8.73. The zero-order valence-corrected chi connectivity index (χ0v) is 32.3. The molecule has 257 valence electrons. The monoisotopic (exact) mass is 862 g/mol. The maximum absolute atomic E-state index is 14.7. The minimum atomic E-state index is -2.43. The van der Waals surface area contributed by atoms with Gasteiger partial charge >= 0.3 is 0 Å². The zero-order chi connectivity index (χ0) is 40.8. The summed E-state index contributed by atoms with van der Waals surface area (Å²) < 4.78 is 77.9. The molecule has 0 saturated heterocycles. The van der Waals surface area contributed by atoms with Gasteiger partial charge in [-0.3, -0.25) is 4.39 Å². The van der Waals surface area contributed by atoms with Gasteiger partial charge in [0.2, 0.25) is 0 Å². The average molecular weight is 862 g/mol. The molecule has 0 aliphatic heterocycles. The summed E-state index contributed by atoms with van der Waals surface area (Å²) in [6.45, 7) is 9.59. The summed E-state index contributed by atoms with van der Waals surface area (Å²) in [5, 5.41) is 2.92. The quantitative estimate of drug-likeness (QED) is 0.124. The summed E-state index contributed by atoms with van der Waals surface area (Å²) in [5.74, 6) is -0.747. The normalized spacial score (nSPS) is 14.5. The number of hydrogen-bond acceptors (Lipinski definition) is 3. The van der Waals surface area contributed by atoms with Crippen LogP contribution in [0.1, 0.15) is 52.6 Å². The van der Waals surface area contributed by atoms with Crippen LogP contribution in [0.25, 0.3) is 44.5 Å². The molecule has 0 amide bonds. The summed E-state index contributed by atoms with van der Waals surface area (Å²) >= 11 is 0. The molecule has 0 saturated carbocycles. The van der Waals surface area contributed by atoms with Crippen LogP contribution in [0, 0.1) is 30.2 Å². The maximum atomic E-state index is 14.7. The maximum Gasteiger partial charge on any atom is 0.120 e. The molecule has 6 heteroatoms. The number of nitrogens with zero attached hydrogens (tertiary/aromatic N) is 2. The third-order valence-electron chi connectivity index (χ3n) is 7.79. The van der Waals surface area contributed by atoms with Gasteiger partial charge in [0.1, 0.15) is 5.58 Å². The number of aryl methyl sites for hydroxylation is 1. The van der Waals surface area contributed by atoms with Gasteiger partial charge in [-0.2, -0.15) is 0 Å². The van der Waals surface area contributed by atoms with Crippen molar-refractivity contribution in [3.8, 4) is 22.5 Å². The van der Waals surface area contributed by atoms with Gasteiger partial charge in [-0.1, -0.05) is 136 Å². The van der Waals surface area contributed by atoms with Crippen LogP contribution in [0.5, 0.6) is 0 Å². The van der Waals surface area contributed by atoms with Gasteiger partial charge in [0.15, 0.2) is 0 Å². The number of pyridine rings is 2. The van der Waals surface area contributed by atoms with Crippen molar-refractivity contribution in [3.05, 3.63) is 150 Å². The van der Waals surface area contributed by atoms with E-state index in [0.29, 0.717) is 22.4 Å². The number of aromatic nitrogens is 2. The van der Waals surface area contributed by atoms with Crippen LogP contribution < -0.4 is 5.19 Å². The Morgan fingerprint density at radius 3 is 2.30 bits per heavy atom. The van der Waals surface area contributed by atoms with Crippen LogP contribution in [-0.2, 0) is 32.9 Å². The molecule has 3 aromatic heterocycles. The molecule has 0 aliphatic carbocycles. The van der Waals surface area contributed by atoms with E-state index in [1.54, 1.807) is 48.8 Å². The van der Waals surface area contributed by atoms with Gasteiger partial charge in [0.05, 0.1) is 13.7 Å². The molecule has 0 aliphatic rings. The predicted octanol–water partition coefficient (Wildman–Crippen LogP) is 11.2. The molecular weight excluding hydrogens is 812 g/mol. The summed E-state index contributed by atoms with van der Waals surface area (Å²) in [6, 6.07) is 33.9. The molecule has 0 atom stereocenters. The Balaban J connectivity index is 0.000000216. The SMILES string of the molecule is [2H]C([2H])([2H])c1c[c-]c(-c2cc(C([2H])([2H])c3ccccc3)c([Si](C)(C)C)cn2)c(F)c1.[2H]C([2H])(c1ccnc(-c2[c-]ccc3c2oc2ccccc23)c1)C(C)(C)C.[Ir]. The first-order chi connectivity index (χ1) is 26.1. The third-order valence-corrected chi connectivity index (χ3v) is 9.80. The number of hydrogen-bond donors (Lipinski definition) is 0. The molecule has 50 heavy (non-hydrogen) atoms. The summed E-state index contributed by atoms with van der Waals surface area (Å²) in [4.78, 5) is 8.86. The van der Waals surface area contributed by atoms with Crippen molar-refractivity contribution in [2.45, 2.75) is 60.0 Å². The molecule has 7 aromatic rings. The van der Waals surface area contributed by atoms with E-state index in [0.717, 1.165) is 38.8 Å². The smallest absolute Gasteiger partial charge is 0.120 e. The molecule has 3 nitrogen and oxygen atoms in total. The predicted molar refractivity (Wildman–Crippen MR) is 204 cm³/mol. The van der Waals surface area contributed by atoms with Crippen molar-refractivity contribution in [3.63, 3.8) is 0 Å². The van der Waals surface area contributed by atoms with Crippen LogP contribution in [0.2, 0.25) is 19.6 Å². The van der Waals surface area contributed by atoms with Crippen LogP contribution in [0.3, 0.4) is 0 Å². The van der Waals surface area contributed by atoms with E-state index < -0.39 is 38.9 Å². The zero-order valence-electron chi connectivity index (χ0n) is 35.9. The van der Waals surface area contributed by atoms with Crippen molar-refractivity contribution in [1.29, 1.82) is 0 Å². The first-order valence-corrected chi connectivity index (χ1v) is 19.7. The fourth-order valence-electron chi connectivity index (χ4n) is 5.59. The Morgan fingerprint density at radius 1 is 0.840 bits per heavy atom. The molecule has 1 radical (unpaired) electrons. The Bertz CT molecular complexity index is 2530. The second kappa shape index (κ2) is 15.3. The standard InChI is InChI=1S/C22H23FNSi.C22H20NO.Ir/c1-16-10-11-19(20(23)12-16)21-14-18(13-17-8-6-5-7-9-17)22(15-24-21)25(2,3)4;1-22(2,3)14-15-11-12-23-19(13-15)18-9-6-8-17-16-7-4-5-10-20(16)24-21(17)18;/h5-10,12,14-15H,13H2,1-4H3;4-8,10-13H,14H2,1-3H3;/q2*-1;/i1D3,13D2;14D2;. The van der Waals surface area contributed by atoms with Crippen molar-refractivity contribution in [2.24, 2.45) is 5.41 Å². The topological polar surface area (TPSA) is 38.9 Å². The van der Waals surface area contributed by atoms with E-state index in [-0.39, 0.29) is 36.9 Å². The first-order valence-electron chi connectivity index (χ1n) is 19.7. The average Bonchev–Trinajstić information content (AvgIpc) is 3.53. The van der Waals surface area contributed by atoms with E-state index in [4.69, 9.17) is 14.0 Å². The van der Waals surface area contributed by atoms with Gasteiger partial charge < -0.3 is 14.4 Å². The summed E-state index contributed by atoms with van der Waals surface area (Å²) in [5.41, 5.74) is 4.12. The number of rotatable bonds is 6. The second-order valence-corrected chi connectivity index (χ2v) is 19.0. The number of para-hydroxylation sites is 1. The molecule has 0 fully saturated rings. The number of fused-ring (bicyclic) bond motifs is 3. The number of furan rings is 1. The molecule has 4 aromatic carbocycles. The summed E-state index contributed by atoms with van der Waals surface area (Å²) in [6.07, 6.45) is 0.00229. The van der Waals surface area contributed by atoms with Crippen molar-refractivity contribution < 1.29 is 38.5 Å².